The van der Waals surface area contributed by atoms with Gasteiger partial charge in [0, 0.05) is 5.02 Å². The minimum Gasteiger partial charge on any atom is -0.492 e. The second-order valence-corrected chi connectivity index (χ2v) is 9.08. The number of halogens is 1. The first kappa shape index (κ1) is 20.0. The molecule has 0 saturated heterocycles. The van der Waals surface area contributed by atoms with Crippen molar-refractivity contribution in [3.8, 4) is 16.2 Å². The molecule has 2 aromatic heterocycles. The Morgan fingerprint density at radius 3 is 2.42 bits per heavy atom. The molecule has 31 heavy (non-hydrogen) atoms. The molecule has 0 aliphatic heterocycles. The molecule has 0 atom stereocenters. The molecule has 0 bridgehead atoms. The van der Waals surface area contributed by atoms with Gasteiger partial charge in [-0.3, -0.25) is 13.8 Å². The van der Waals surface area contributed by atoms with E-state index in [2.05, 4.69) is 0 Å². The van der Waals surface area contributed by atoms with E-state index in [-0.39, 0.29) is 5.56 Å². The molecular weight excluding hydrogens is 448 g/mol. The highest BCUT2D eigenvalue weighted by molar-refractivity contribution is 7.73. The summed E-state index contributed by atoms with van der Waals surface area (Å²) in [5.74, 6) is 0.771. The van der Waals surface area contributed by atoms with Gasteiger partial charge >= 0.3 is 0 Å². The predicted octanol–water partition coefficient (Wildman–Crippen LogP) is 6.44. The Hall–Kier alpha value is -2.93. The lowest BCUT2D eigenvalue weighted by atomic mass is 10.2. The van der Waals surface area contributed by atoms with Crippen molar-refractivity contribution in [1.29, 1.82) is 0 Å². The van der Waals surface area contributed by atoms with Crippen LogP contribution in [0.4, 0.5) is 0 Å². The molecule has 4 nitrogen and oxygen atoms in total. The van der Waals surface area contributed by atoms with Crippen molar-refractivity contribution < 1.29 is 4.74 Å². The van der Waals surface area contributed by atoms with Gasteiger partial charge in [-0.1, -0.05) is 54.1 Å². The summed E-state index contributed by atoms with van der Waals surface area (Å²) in [4.78, 5) is 14.4. The maximum Gasteiger partial charge on any atom is 0.261 e. The number of thiazole rings is 1. The third-order valence-electron chi connectivity index (χ3n) is 5.10. The summed E-state index contributed by atoms with van der Waals surface area (Å²) >= 11 is 13.3. The molecule has 0 fully saturated rings. The Bertz CT molecular complexity index is 1500. The van der Waals surface area contributed by atoms with Gasteiger partial charge in [0.05, 0.1) is 22.3 Å². The Labute approximate surface area is 192 Å². The van der Waals surface area contributed by atoms with E-state index in [1.165, 1.54) is 11.3 Å². The van der Waals surface area contributed by atoms with Crippen LogP contribution in [0.5, 0.6) is 5.75 Å². The zero-order valence-electron chi connectivity index (χ0n) is 16.3. The van der Waals surface area contributed by atoms with E-state index in [1.807, 2.05) is 83.3 Å². The molecule has 0 aliphatic carbocycles. The van der Waals surface area contributed by atoms with Crippen LogP contribution in [0, 0.1) is 3.95 Å². The lowest BCUT2D eigenvalue weighted by molar-refractivity contribution is 0.298. The lowest BCUT2D eigenvalue weighted by Gasteiger charge is -2.14. The van der Waals surface area contributed by atoms with E-state index < -0.39 is 0 Å². The minimum absolute atomic E-state index is 0.0599. The highest BCUT2D eigenvalue weighted by Crippen LogP contribution is 2.33. The summed E-state index contributed by atoms with van der Waals surface area (Å²) in [5, 5.41) is 1.29. The highest BCUT2D eigenvalue weighted by atomic mass is 35.5. The molecule has 5 rings (SSSR count). The molecule has 0 saturated carbocycles. The number of fused-ring (bicyclic) bond motifs is 3. The number of benzene rings is 3. The Morgan fingerprint density at radius 2 is 1.65 bits per heavy atom. The molecular formula is C24H17ClN2O2S2. The first-order valence-corrected chi connectivity index (χ1v) is 11.3. The normalized spacial score (nSPS) is 11.3. The lowest BCUT2D eigenvalue weighted by Crippen LogP contribution is -2.25. The van der Waals surface area contributed by atoms with Crippen molar-refractivity contribution >= 4 is 51.7 Å². The minimum atomic E-state index is -0.0599. The molecule has 0 spiro atoms. The largest absolute Gasteiger partial charge is 0.492 e. The zero-order valence-corrected chi connectivity index (χ0v) is 18.7. The average molecular weight is 465 g/mol. The number of hydrogen-bond acceptors (Lipinski definition) is 4. The summed E-state index contributed by atoms with van der Waals surface area (Å²) < 4.78 is 10.3. The van der Waals surface area contributed by atoms with Gasteiger partial charge in [-0.15, -0.1) is 11.3 Å². The quantitative estimate of drug-likeness (QED) is 0.280. The monoisotopic (exact) mass is 464 g/mol. The molecule has 7 heteroatoms. The number of nitrogens with zero attached hydrogens (tertiary/aromatic N) is 2. The molecule has 2 heterocycles. The van der Waals surface area contributed by atoms with E-state index in [1.54, 1.807) is 4.57 Å². The fourth-order valence-corrected chi connectivity index (χ4v) is 5.24. The van der Waals surface area contributed by atoms with Gasteiger partial charge in [0.1, 0.15) is 18.0 Å². The van der Waals surface area contributed by atoms with Crippen LogP contribution in [0.2, 0.25) is 5.02 Å². The molecule has 0 amide bonds. The van der Waals surface area contributed by atoms with Gasteiger partial charge in [-0.25, -0.2) is 0 Å². The third kappa shape index (κ3) is 3.67. The van der Waals surface area contributed by atoms with Crippen molar-refractivity contribution in [3.63, 3.8) is 0 Å². The SMILES string of the molecule is O=c1c2ccccc2n2c(=S)sc(-c3ccc(Cl)cc3)c2n1CCOc1ccccc1. The van der Waals surface area contributed by atoms with Crippen LogP contribution in [0.25, 0.3) is 27.0 Å². The molecule has 5 aromatic rings. The summed E-state index contributed by atoms with van der Waals surface area (Å²) in [6.07, 6.45) is 0. The molecule has 0 unspecified atom stereocenters. The standard InChI is InChI=1S/C24H17ClN2O2S2/c25-17-12-10-16(11-13-17)21-22-26(14-15-29-18-6-2-1-3-7-18)23(28)19-8-4-5-9-20(19)27(22)24(30)31-21/h1-13H,14-15H2. The molecule has 0 N–H and O–H groups in total. The van der Waals surface area contributed by atoms with Crippen molar-refractivity contribution in [2.75, 3.05) is 6.61 Å². The van der Waals surface area contributed by atoms with Gasteiger partial charge in [0.15, 0.2) is 3.95 Å². The van der Waals surface area contributed by atoms with E-state index in [4.69, 9.17) is 28.6 Å². The van der Waals surface area contributed by atoms with Crippen molar-refractivity contribution in [3.05, 3.63) is 98.2 Å². The number of hydrogen-bond donors (Lipinski definition) is 0. The van der Waals surface area contributed by atoms with E-state index in [9.17, 15) is 4.79 Å². The van der Waals surface area contributed by atoms with Gasteiger partial charge in [-0.05, 0) is 54.2 Å². The molecule has 3 aromatic carbocycles. The number of aromatic nitrogens is 2. The number of rotatable bonds is 5. The fraction of sp³-hybridized carbons (Fsp3) is 0.0833. The van der Waals surface area contributed by atoms with Crippen molar-refractivity contribution in [1.82, 2.24) is 8.97 Å². The van der Waals surface area contributed by atoms with E-state index in [0.717, 1.165) is 27.4 Å². The number of para-hydroxylation sites is 2. The maximum absolute atomic E-state index is 13.5. The van der Waals surface area contributed by atoms with Crippen LogP contribution in [-0.4, -0.2) is 15.6 Å². The van der Waals surface area contributed by atoms with E-state index >= 15 is 0 Å². The second-order valence-electron chi connectivity index (χ2n) is 7.00. The highest BCUT2D eigenvalue weighted by Gasteiger charge is 2.18. The average Bonchev–Trinajstić information content (AvgIpc) is 3.14. The van der Waals surface area contributed by atoms with Crippen LogP contribution < -0.4 is 10.3 Å². The topological polar surface area (TPSA) is 35.6 Å². The van der Waals surface area contributed by atoms with Gasteiger partial charge in [-0.2, -0.15) is 0 Å². The van der Waals surface area contributed by atoms with Crippen LogP contribution in [0.3, 0.4) is 0 Å². The van der Waals surface area contributed by atoms with Crippen molar-refractivity contribution in [2.45, 2.75) is 6.54 Å². The second kappa shape index (κ2) is 8.30. The number of ether oxygens (including phenoxy) is 1. The summed E-state index contributed by atoms with van der Waals surface area (Å²) in [6, 6.07) is 24.8. The first-order chi connectivity index (χ1) is 15.1. The van der Waals surface area contributed by atoms with Crippen LogP contribution >= 0.6 is 35.2 Å². The maximum atomic E-state index is 13.5. The summed E-state index contributed by atoms with van der Waals surface area (Å²) in [5.41, 5.74) is 2.49. The Morgan fingerprint density at radius 1 is 0.935 bits per heavy atom. The fourth-order valence-electron chi connectivity index (χ4n) is 3.68. The predicted molar refractivity (Wildman–Crippen MR) is 130 cm³/mol. The summed E-state index contributed by atoms with van der Waals surface area (Å²) in [7, 11) is 0. The van der Waals surface area contributed by atoms with Crippen LogP contribution in [0.1, 0.15) is 0 Å². The first-order valence-electron chi connectivity index (χ1n) is 9.74. The smallest absolute Gasteiger partial charge is 0.261 e. The molecule has 154 valence electrons. The summed E-state index contributed by atoms with van der Waals surface area (Å²) in [6.45, 7) is 0.759. The zero-order chi connectivity index (χ0) is 21.4. The third-order valence-corrected chi connectivity index (χ3v) is 6.76. The van der Waals surface area contributed by atoms with Gasteiger partial charge < -0.3 is 4.74 Å². The Balaban J connectivity index is 1.71. The molecule has 0 radical (unpaired) electrons. The van der Waals surface area contributed by atoms with E-state index in [0.29, 0.717) is 27.5 Å². The van der Waals surface area contributed by atoms with Crippen LogP contribution in [0.15, 0.2) is 83.7 Å². The van der Waals surface area contributed by atoms with Gasteiger partial charge in [0.2, 0.25) is 0 Å². The van der Waals surface area contributed by atoms with Crippen molar-refractivity contribution in [2.24, 2.45) is 0 Å². The van der Waals surface area contributed by atoms with Crippen LogP contribution in [-0.2, 0) is 6.54 Å². The van der Waals surface area contributed by atoms with Gasteiger partial charge in [0.25, 0.3) is 5.56 Å². The molecule has 0 aliphatic rings. The Kier molecular flexibility index (Phi) is 5.36.